The maximum Gasteiger partial charge on any atom is 0.303 e. The highest BCUT2D eigenvalue weighted by Crippen LogP contribution is 2.36. The summed E-state index contributed by atoms with van der Waals surface area (Å²) in [4.78, 5) is 10.7. The van der Waals surface area contributed by atoms with Crippen LogP contribution in [0.3, 0.4) is 0 Å². The lowest BCUT2D eigenvalue weighted by Crippen LogP contribution is -2.16. The van der Waals surface area contributed by atoms with Gasteiger partial charge in [-0.15, -0.1) is 0 Å². The predicted molar refractivity (Wildman–Crippen MR) is 77.5 cm³/mol. The fourth-order valence-corrected chi connectivity index (χ4v) is 2.39. The fraction of sp³-hybridized carbons (Fsp3) is 0.500. The van der Waals surface area contributed by atoms with Gasteiger partial charge in [0.05, 0.1) is 14.2 Å². The molecule has 5 nitrogen and oxygen atoms in total. The van der Waals surface area contributed by atoms with Gasteiger partial charge in [-0.3, -0.25) is 4.79 Å². The third-order valence-electron chi connectivity index (χ3n) is 3.08. The van der Waals surface area contributed by atoms with E-state index in [2.05, 4.69) is 0 Å². The molecular weight excluding hydrogens is 282 g/mol. The zero-order valence-electron chi connectivity index (χ0n) is 11.9. The average Bonchev–Trinajstić information content (AvgIpc) is 2.36. The number of nitrogens with two attached hydrogens (primary N) is 1. The molecule has 0 bridgehead atoms. The van der Waals surface area contributed by atoms with Crippen LogP contribution in [-0.2, 0) is 4.79 Å². The zero-order chi connectivity index (χ0) is 15.3. The molecule has 20 heavy (non-hydrogen) atoms. The number of carbonyl (C=O) groups is 1. The first-order valence-corrected chi connectivity index (χ1v) is 6.65. The molecule has 0 amide bonds. The van der Waals surface area contributed by atoms with Gasteiger partial charge in [0, 0.05) is 23.6 Å². The van der Waals surface area contributed by atoms with Gasteiger partial charge in [-0.1, -0.05) is 18.5 Å². The average molecular weight is 302 g/mol. The smallest absolute Gasteiger partial charge is 0.303 e. The minimum Gasteiger partial charge on any atom is -0.493 e. The summed E-state index contributed by atoms with van der Waals surface area (Å²) in [5, 5.41) is 9.25. The lowest BCUT2D eigenvalue weighted by Gasteiger charge is -2.19. The molecule has 0 saturated heterocycles. The first-order chi connectivity index (χ1) is 9.38. The monoisotopic (exact) mass is 301 g/mol. The van der Waals surface area contributed by atoms with Crippen molar-refractivity contribution in [1.82, 2.24) is 0 Å². The number of carboxylic acid groups (broad SMARTS) is 1. The van der Waals surface area contributed by atoms with Gasteiger partial charge in [0.1, 0.15) is 0 Å². The molecule has 112 valence electrons. The maximum atomic E-state index is 10.7. The summed E-state index contributed by atoms with van der Waals surface area (Å²) in [6.07, 6.45) is 0.611. The SMILES string of the molecule is COc1cc(Cl)c(C(N)CC(C)CC(=O)O)cc1OC. The van der Waals surface area contributed by atoms with Gasteiger partial charge in [-0.05, 0) is 24.0 Å². The molecule has 0 radical (unpaired) electrons. The van der Waals surface area contributed by atoms with Crippen LogP contribution in [0.15, 0.2) is 12.1 Å². The summed E-state index contributed by atoms with van der Waals surface area (Å²) in [5.74, 6) is 0.218. The van der Waals surface area contributed by atoms with Crippen molar-refractivity contribution in [3.8, 4) is 11.5 Å². The number of halogens is 1. The second-order valence-electron chi connectivity index (χ2n) is 4.77. The second-order valence-corrected chi connectivity index (χ2v) is 5.18. The van der Waals surface area contributed by atoms with E-state index in [0.29, 0.717) is 22.9 Å². The van der Waals surface area contributed by atoms with Crippen LogP contribution in [0, 0.1) is 5.92 Å². The molecule has 1 aromatic carbocycles. The summed E-state index contributed by atoms with van der Waals surface area (Å²) >= 11 is 6.19. The van der Waals surface area contributed by atoms with Crippen LogP contribution in [0.2, 0.25) is 5.02 Å². The Morgan fingerprint density at radius 1 is 1.35 bits per heavy atom. The van der Waals surface area contributed by atoms with E-state index < -0.39 is 5.97 Å². The largest absolute Gasteiger partial charge is 0.493 e. The number of carboxylic acids is 1. The van der Waals surface area contributed by atoms with E-state index in [1.165, 1.54) is 14.2 Å². The van der Waals surface area contributed by atoms with Gasteiger partial charge in [-0.25, -0.2) is 0 Å². The number of rotatable bonds is 7. The van der Waals surface area contributed by atoms with Crippen molar-refractivity contribution in [1.29, 1.82) is 0 Å². The van der Waals surface area contributed by atoms with Crippen LogP contribution in [0.1, 0.15) is 31.4 Å². The minimum atomic E-state index is -0.830. The van der Waals surface area contributed by atoms with Crippen molar-refractivity contribution in [2.45, 2.75) is 25.8 Å². The standard InChI is InChI=1S/C14H20ClNO4/c1-8(5-14(17)18)4-11(16)9-6-12(19-2)13(20-3)7-10(9)15/h6-8,11H,4-5,16H2,1-3H3,(H,17,18). The molecule has 2 atom stereocenters. The lowest BCUT2D eigenvalue weighted by atomic mass is 9.94. The second kappa shape index (κ2) is 7.36. The molecule has 3 N–H and O–H groups in total. The van der Waals surface area contributed by atoms with E-state index in [0.717, 1.165) is 5.56 Å². The summed E-state index contributed by atoms with van der Waals surface area (Å²) in [5.41, 5.74) is 6.84. The minimum absolute atomic E-state index is 0.0355. The first-order valence-electron chi connectivity index (χ1n) is 6.27. The quantitative estimate of drug-likeness (QED) is 0.809. The van der Waals surface area contributed by atoms with Crippen LogP contribution in [0.25, 0.3) is 0 Å². The zero-order valence-corrected chi connectivity index (χ0v) is 12.6. The Morgan fingerprint density at radius 2 is 1.90 bits per heavy atom. The van der Waals surface area contributed by atoms with Gasteiger partial charge in [0.15, 0.2) is 11.5 Å². The van der Waals surface area contributed by atoms with Gasteiger partial charge >= 0.3 is 5.97 Å². The molecule has 1 rings (SSSR count). The Hall–Kier alpha value is -1.46. The molecule has 0 aliphatic heterocycles. The van der Waals surface area contributed by atoms with Crippen LogP contribution in [0.5, 0.6) is 11.5 Å². The fourth-order valence-electron chi connectivity index (χ4n) is 2.10. The Kier molecular flexibility index (Phi) is 6.10. The van der Waals surface area contributed by atoms with Gasteiger partial charge in [0.2, 0.25) is 0 Å². The molecule has 2 unspecified atom stereocenters. The van der Waals surface area contributed by atoms with Crippen LogP contribution in [-0.4, -0.2) is 25.3 Å². The van der Waals surface area contributed by atoms with E-state index in [-0.39, 0.29) is 18.4 Å². The summed E-state index contributed by atoms with van der Waals surface area (Å²) in [6, 6.07) is 3.04. The number of hydrogen-bond donors (Lipinski definition) is 2. The maximum absolute atomic E-state index is 10.7. The Bertz CT molecular complexity index is 478. The molecule has 0 aromatic heterocycles. The van der Waals surface area contributed by atoms with E-state index in [1.54, 1.807) is 12.1 Å². The lowest BCUT2D eigenvalue weighted by molar-refractivity contribution is -0.138. The van der Waals surface area contributed by atoms with E-state index in [4.69, 9.17) is 31.9 Å². The summed E-state index contributed by atoms with van der Waals surface area (Å²) in [7, 11) is 3.07. The van der Waals surface area contributed by atoms with Crippen LogP contribution < -0.4 is 15.2 Å². The highest BCUT2D eigenvalue weighted by atomic mass is 35.5. The summed E-state index contributed by atoms with van der Waals surface area (Å²) < 4.78 is 10.4. The number of benzene rings is 1. The van der Waals surface area contributed by atoms with E-state index >= 15 is 0 Å². The Balaban J connectivity index is 2.92. The van der Waals surface area contributed by atoms with Crippen molar-refractivity contribution in [3.63, 3.8) is 0 Å². The number of aliphatic carboxylic acids is 1. The van der Waals surface area contributed by atoms with Crippen molar-refractivity contribution in [3.05, 3.63) is 22.7 Å². The highest BCUT2D eigenvalue weighted by molar-refractivity contribution is 6.31. The van der Waals surface area contributed by atoms with E-state index in [1.807, 2.05) is 6.92 Å². The number of ether oxygens (including phenoxy) is 2. The topological polar surface area (TPSA) is 81.8 Å². The molecular formula is C14H20ClNO4. The van der Waals surface area contributed by atoms with Gasteiger partial charge in [-0.2, -0.15) is 0 Å². The summed E-state index contributed by atoms with van der Waals surface area (Å²) in [6.45, 7) is 1.85. The molecule has 1 aromatic rings. The molecule has 6 heteroatoms. The molecule has 0 saturated carbocycles. The molecule has 0 heterocycles. The van der Waals surface area contributed by atoms with Crippen molar-refractivity contribution < 1.29 is 19.4 Å². The van der Waals surface area contributed by atoms with Crippen molar-refractivity contribution >= 4 is 17.6 Å². The van der Waals surface area contributed by atoms with Crippen LogP contribution >= 0.6 is 11.6 Å². The van der Waals surface area contributed by atoms with Gasteiger partial charge < -0.3 is 20.3 Å². The van der Waals surface area contributed by atoms with E-state index in [9.17, 15) is 4.79 Å². The van der Waals surface area contributed by atoms with Crippen LogP contribution in [0.4, 0.5) is 0 Å². The number of methoxy groups -OCH3 is 2. The third-order valence-corrected chi connectivity index (χ3v) is 3.41. The number of hydrogen-bond acceptors (Lipinski definition) is 4. The highest BCUT2D eigenvalue weighted by Gasteiger charge is 2.18. The molecule has 0 spiro atoms. The third kappa shape index (κ3) is 4.28. The van der Waals surface area contributed by atoms with Crippen molar-refractivity contribution in [2.75, 3.05) is 14.2 Å². The van der Waals surface area contributed by atoms with Crippen molar-refractivity contribution in [2.24, 2.45) is 11.7 Å². The predicted octanol–water partition coefficient (Wildman–Crippen LogP) is 2.86. The molecule has 0 aliphatic carbocycles. The Morgan fingerprint density at radius 3 is 2.40 bits per heavy atom. The first kappa shape index (κ1) is 16.6. The molecule has 0 fully saturated rings. The molecule has 0 aliphatic rings. The van der Waals surface area contributed by atoms with Gasteiger partial charge in [0.25, 0.3) is 0 Å². The normalized spacial score (nSPS) is 13.7. The Labute approximate surface area is 123 Å².